The Morgan fingerprint density at radius 1 is 1.09 bits per heavy atom. The first-order valence-corrected chi connectivity index (χ1v) is 8.81. The molecule has 3 heteroatoms. The number of para-hydroxylation sites is 1. The number of nitrogens with zero attached hydrogens (tertiary/aromatic N) is 1. The van der Waals surface area contributed by atoms with E-state index in [0.717, 1.165) is 18.7 Å². The van der Waals surface area contributed by atoms with E-state index in [4.69, 9.17) is 0 Å². The third-order valence-corrected chi connectivity index (χ3v) is 4.63. The summed E-state index contributed by atoms with van der Waals surface area (Å²) in [4.78, 5) is 13.6. The van der Waals surface area contributed by atoms with Gasteiger partial charge in [-0.2, -0.15) is 0 Å². The highest BCUT2D eigenvalue weighted by atomic mass is 16.4. The minimum Gasteiger partial charge on any atom is -0.480 e. The molecule has 0 aliphatic carbocycles. The molecule has 0 radical (unpaired) electrons. The van der Waals surface area contributed by atoms with Gasteiger partial charge >= 0.3 is 5.97 Å². The molecule has 0 amide bonds. The molecule has 2 rings (SSSR count). The smallest absolute Gasteiger partial charge is 0.326 e. The lowest BCUT2D eigenvalue weighted by atomic mass is 10.1. The normalized spacial score (nSPS) is 16.8. The minimum absolute atomic E-state index is 0.373. The van der Waals surface area contributed by atoms with Crippen LogP contribution in [-0.2, 0) is 11.2 Å². The molecule has 1 aliphatic rings. The van der Waals surface area contributed by atoms with Crippen molar-refractivity contribution in [3.05, 3.63) is 29.8 Å². The van der Waals surface area contributed by atoms with Crippen molar-refractivity contribution in [2.45, 2.75) is 70.8 Å². The van der Waals surface area contributed by atoms with Crippen LogP contribution in [0.4, 0.5) is 5.69 Å². The lowest BCUT2D eigenvalue weighted by Gasteiger charge is -2.24. The Hall–Kier alpha value is -1.51. The molecule has 1 unspecified atom stereocenters. The van der Waals surface area contributed by atoms with Crippen molar-refractivity contribution in [2.75, 3.05) is 11.4 Å². The molecule has 0 saturated heterocycles. The molecule has 122 valence electrons. The zero-order valence-electron chi connectivity index (χ0n) is 13.8. The quantitative estimate of drug-likeness (QED) is 0.640. The lowest BCUT2D eigenvalue weighted by molar-refractivity contribution is -0.138. The summed E-state index contributed by atoms with van der Waals surface area (Å²) in [5.74, 6) is -0.698. The molecule has 0 fully saturated rings. The van der Waals surface area contributed by atoms with Gasteiger partial charge in [0.15, 0.2) is 0 Å². The summed E-state index contributed by atoms with van der Waals surface area (Å²) in [7, 11) is 0. The summed E-state index contributed by atoms with van der Waals surface area (Å²) >= 11 is 0. The summed E-state index contributed by atoms with van der Waals surface area (Å²) < 4.78 is 0. The maximum atomic E-state index is 11.5. The molecule has 3 nitrogen and oxygen atoms in total. The Morgan fingerprint density at radius 2 is 1.73 bits per heavy atom. The number of carboxylic acid groups (broad SMARTS) is 1. The second-order valence-corrected chi connectivity index (χ2v) is 6.36. The first-order chi connectivity index (χ1) is 10.7. The monoisotopic (exact) mass is 303 g/mol. The third kappa shape index (κ3) is 4.49. The molecule has 22 heavy (non-hydrogen) atoms. The maximum Gasteiger partial charge on any atom is 0.326 e. The van der Waals surface area contributed by atoms with Crippen LogP contribution in [-0.4, -0.2) is 23.7 Å². The van der Waals surface area contributed by atoms with E-state index in [0.29, 0.717) is 6.42 Å². The highest BCUT2D eigenvalue weighted by Crippen LogP contribution is 2.32. The number of hydrogen-bond donors (Lipinski definition) is 1. The van der Waals surface area contributed by atoms with Crippen LogP contribution in [0.25, 0.3) is 0 Å². The Bertz CT molecular complexity index is 472. The van der Waals surface area contributed by atoms with Crippen LogP contribution in [0.1, 0.15) is 63.9 Å². The van der Waals surface area contributed by atoms with Gasteiger partial charge in [0.1, 0.15) is 6.04 Å². The molecule has 1 atom stereocenters. The SMILES string of the molecule is CCCCCCCCCCN1c2ccccc2CC1C(=O)O. The van der Waals surface area contributed by atoms with E-state index in [-0.39, 0.29) is 6.04 Å². The number of aliphatic carboxylic acids is 1. The molecule has 0 aromatic heterocycles. The van der Waals surface area contributed by atoms with Crippen molar-refractivity contribution < 1.29 is 9.90 Å². The zero-order chi connectivity index (χ0) is 15.8. The topological polar surface area (TPSA) is 40.5 Å². The van der Waals surface area contributed by atoms with Crippen LogP contribution in [0.2, 0.25) is 0 Å². The second kappa shape index (κ2) is 8.82. The van der Waals surface area contributed by atoms with Crippen molar-refractivity contribution in [2.24, 2.45) is 0 Å². The first kappa shape index (κ1) is 16.9. The number of carbonyl (C=O) groups is 1. The van der Waals surface area contributed by atoms with E-state index in [1.54, 1.807) is 0 Å². The predicted molar refractivity (Wildman–Crippen MR) is 91.5 cm³/mol. The van der Waals surface area contributed by atoms with E-state index in [9.17, 15) is 9.90 Å². The van der Waals surface area contributed by atoms with Crippen molar-refractivity contribution >= 4 is 11.7 Å². The predicted octanol–water partition coefficient (Wildman–Crippen LogP) is 4.64. The summed E-state index contributed by atoms with van der Waals surface area (Å²) in [5.41, 5.74) is 2.30. The van der Waals surface area contributed by atoms with Gasteiger partial charge < -0.3 is 10.0 Å². The molecule has 1 aromatic carbocycles. The highest BCUT2D eigenvalue weighted by Gasteiger charge is 2.33. The Labute approximate surface area is 134 Å². The highest BCUT2D eigenvalue weighted by molar-refractivity contribution is 5.82. The van der Waals surface area contributed by atoms with E-state index in [1.165, 1.54) is 50.5 Å². The summed E-state index contributed by atoms with van der Waals surface area (Å²) in [5, 5.41) is 9.44. The summed E-state index contributed by atoms with van der Waals surface area (Å²) in [6.07, 6.45) is 10.9. The van der Waals surface area contributed by atoms with Crippen LogP contribution in [0.15, 0.2) is 24.3 Å². The van der Waals surface area contributed by atoms with Crippen LogP contribution >= 0.6 is 0 Å². The fourth-order valence-corrected chi connectivity index (χ4v) is 3.36. The molecule has 1 heterocycles. The number of hydrogen-bond acceptors (Lipinski definition) is 2. The molecule has 1 aliphatic heterocycles. The van der Waals surface area contributed by atoms with E-state index in [2.05, 4.69) is 24.0 Å². The molecule has 1 aromatic rings. The third-order valence-electron chi connectivity index (χ3n) is 4.63. The Morgan fingerprint density at radius 3 is 2.41 bits per heavy atom. The Balaban J connectivity index is 1.74. The number of benzene rings is 1. The molecule has 0 saturated carbocycles. The van der Waals surface area contributed by atoms with Gasteiger partial charge in [0.2, 0.25) is 0 Å². The standard InChI is InChI=1S/C19H29NO2/c1-2-3-4-5-6-7-8-11-14-20-17-13-10-9-12-16(17)15-18(20)19(21)22/h9-10,12-13,18H,2-8,11,14-15H2,1H3,(H,21,22). The van der Waals surface area contributed by atoms with Crippen molar-refractivity contribution in [3.63, 3.8) is 0 Å². The fraction of sp³-hybridized carbons (Fsp3) is 0.632. The summed E-state index contributed by atoms with van der Waals surface area (Å²) in [6.45, 7) is 3.11. The number of anilines is 1. The largest absolute Gasteiger partial charge is 0.480 e. The first-order valence-electron chi connectivity index (χ1n) is 8.81. The number of fused-ring (bicyclic) bond motifs is 1. The second-order valence-electron chi connectivity index (χ2n) is 6.36. The minimum atomic E-state index is -0.698. The van der Waals surface area contributed by atoms with Gasteiger partial charge in [-0.25, -0.2) is 4.79 Å². The zero-order valence-corrected chi connectivity index (χ0v) is 13.8. The Kier molecular flexibility index (Phi) is 6.75. The maximum absolute atomic E-state index is 11.5. The van der Waals surface area contributed by atoms with Crippen molar-refractivity contribution in [3.8, 4) is 0 Å². The average molecular weight is 303 g/mol. The number of carboxylic acids is 1. The molecule has 0 spiro atoms. The van der Waals surface area contributed by atoms with Gasteiger partial charge in [0.05, 0.1) is 0 Å². The van der Waals surface area contributed by atoms with Gasteiger partial charge in [-0.15, -0.1) is 0 Å². The van der Waals surface area contributed by atoms with E-state index >= 15 is 0 Å². The van der Waals surface area contributed by atoms with Gasteiger partial charge in [0.25, 0.3) is 0 Å². The molecule has 1 N–H and O–H groups in total. The van der Waals surface area contributed by atoms with Crippen LogP contribution in [0.3, 0.4) is 0 Å². The van der Waals surface area contributed by atoms with Crippen molar-refractivity contribution in [1.82, 2.24) is 0 Å². The fourth-order valence-electron chi connectivity index (χ4n) is 3.36. The molecule has 0 bridgehead atoms. The van der Waals surface area contributed by atoms with Gasteiger partial charge in [-0.05, 0) is 18.1 Å². The summed E-state index contributed by atoms with van der Waals surface area (Å²) in [6, 6.07) is 7.74. The van der Waals surface area contributed by atoms with E-state index < -0.39 is 5.97 Å². The van der Waals surface area contributed by atoms with E-state index in [1.807, 2.05) is 12.1 Å². The molecular formula is C19H29NO2. The lowest BCUT2D eigenvalue weighted by Crippen LogP contribution is -2.39. The van der Waals surface area contributed by atoms with Crippen LogP contribution < -0.4 is 4.90 Å². The average Bonchev–Trinajstić information content (AvgIpc) is 2.89. The van der Waals surface area contributed by atoms with Gasteiger partial charge in [-0.1, -0.05) is 70.1 Å². The van der Waals surface area contributed by atoms with Crippen LogP contribution in [0, 0.1) is 0 Å². The van der Waals surface area contributed by atoms with Crippen molar-refractivity contribution in [1.29, 1.82) is 0 Å². The van der Waals surface area contributed by atoms with Gasteiger partial charge in [0, 0.05) is 18.7 Å². The number of rotatable bonds is 10. The van der Waals surface area contributed by atoms with Gasteiger partial charge in [-0.3, -0.25) is 0 Å². The van der Waals surface area contributed by atoms with Crippen LogP contribution in [0.5, 0.6) is 0 Å². The number of unbranched alkanes of at least 4 members (excludes halogenated alkanes) is 7. The molecular weight excluding hydrogens is 274 g/mol.